The molecular formula is C26H35N7O4. The molecule has 1 amide bonds. The Balaban J connectivity index is 1.42. The lowest BCUT2D eigenvalue weighted by molar-refractivity contribution is -0.0314. The van der Waals surface area contributed by atoms with Crippen LogP contribution in [0.4, 0.5) is 17.3 Å². The number of aromatic nitrogens is 4. The topological polar surface area (TPSA) is 124 Å². The normalized spacial score (nSPS) is 22.6. The molecule has 11 nitrogen and oxygen atoms in total. The van der Waals surface area contributed by atoms with Crippen molar-refractivity contribution in [2.45, 2.75) is 63.1 Å². The van der Waals surface area contributed by atoms with Crippen molar-refractivity contribution in [2.75, 3.05) is 38.0 Å². The van der Waals surface area contributed by atoms with Crippen molar-refractivity contribution in [3.63, 3.8) is 0 Å². The van der Waals surface area contributed by atoms with Crippen molar-refractivity contribution in [2.24, 2.45) is 0 Å². The van der Waals surface area contributed by atoms with Crippen molar-refractivity contribution in [1.82, 2.24) is 24.5 Å². The van der Waals surface area contributed by atoms with Crippen LogP contribution >= 0.6 is 0 Å². The van der Waals surface area contributed by atoms with Crippen molar-refractivity contribution < 1.29 is 14.3 Å². The third-order valence-electron chi connectivity index (χ3n) is 7.56. The summed E-state index contributed by atoms with van der Waals surface area (Å²) in [6.45, 7) is 3.38. The molecule has 0 bridgehead atoms. The Morgan fingerprint density at radius 2 is 2.08 bits per heavy atom. The van der Waals surface area contributed by atoms with Crippen LogP contribution in [0.5, 0.6) is 0 Å². The predicted octanol–water partition coefficient (Wildman–Crippen LogP) is 3.11. The molecule has 4 heterocycles. The highest BCUT2D eigenvalue weighted by Crippen LogP contribution is 2.31. The monoisotopic (exact) mass is 509 g/mol. The first-order valence-corrected chi connectivity index (χ1v) is 12.9. The van der Waals surface area contributed by atoms with E-state index < -0.39 is 0 Å². The SMILES string of the molecule is CNc1cc(Nc2cccn(C3CCOCC3)c2=O)nc2c(C(=O)NC3CCC[C@@](C)(OC)C3)cnn12. The number of ether oxygens (including phenoxy) is 2. The molecule has 2 atom stereocenters. The molecule has 1 unspecified atom stereocenters. The molecule has 2 fully saturated rings. The van der Waals surface area contributed by atoms with Gasteiger partial charge in [-0.1, -0.05) is 0 Å². The maximum Gasteiger partial charge on any atom is 0.274 e. The molecule has 2 aliphatic rings. The molecular weight excluding hydrogens is 474 g/mol. The Labute approximate surface area is 215 Å². The molecule has 3 aromatic rings. The Morgan fingerprint density at radius 1 is 1.27 bits per heavy atom. The van der Waals surface area contributed by atoms with Crippen LogP contribution in [0.1, 0.15) is 61.8 Å². The highest BCUT2D eigenvalue weighted by Gasteiger charge is 2.33. The third-order valence-corrected chi connectivity index (χ3v) is 7.56. The largest absolute Gasteiger partial charge is 0.381 e. The van der Waals surface area contributed by atoms with Gasteiger partial charge < -0.3 is 30.0 Å². The molecule has 1 aliphatic heterocycles. The van der Waals surface area contributed by atoms with E-state index in [-0.39, 0.29) is 29.2 Å². The number of pyridine rings is 1. The fourth-order valence-corrected chi connectivity index (χ4v) is 5.38. The van der Waals surface area contributed by atoms with E-state index in [0.717, 1.165) is 38.5 Å². The van der Waals surface area contributed by atoms with E-state index in [1.165, 1.54) is 6.20 Å². The van der Waals surface area contributed by atoms with Gasteiger partial charge in [-0.05, 0) is 57.6 Å². The van der Waals surface area contributed by atoms with Gasteiger partial charge in [0.25, 0.3) is 11.5 Å². The number of rotatable bonds is 7. The average Bonchev–Trinajstić information content (AvgIpc) is 3.34. The van der Waals surface area contributed by atoms with E-state index in [1.54, 1.807) is 35.4 Å². The van der Waals surface area contributed by atoms with Crippen LogP contribution in [0, 0.1) is 0 Å². The highest BCUT2D eigenvalue weighted by molar-refractivity contribution is 6.00. The first kappa shape index (κ1) is 25.2. The summed E-state index contributed by atoms with van der Waals surface area (Å²) in [5, 5.41) is 13.8. The van der Waals surface area contributed by atoms with Crippen LogP contribution in [0.3, 0.4) is 0 Å². The van der Waals surface area contributed by atoms with Gasteiger partial charge in [-0.3, -0.25) is 9.59 Å². The van der Waals surface area contributed by atoms with E-state index in [4.69, 9.17) is 9.47 Å². The summed E-state index contributed by atoms with van der Waals surface area (Å²) in [5.41, 5.74) is 0.834. The minimum atomic E-state index is -0.237. The van der Waals surface area contributed by atoms with Gasteiger partial charge in [0.1, 0.15) is 22.9 Å². The second-order valence-corrected chi connectivity index (χ2v) is 10.1. The lowest BCUT2D eigenvalue weighted by atomic mass is 9.83. The Bertz CT molecular complexity index is 1330. The number of nitrogens with zero attached hydrogens (tertiary/aromatic N) is 4. The number of carbonyl (C=O) groups excluding carboxylic acids is 1. The van der Waals surface area contributed by atoms with E-state index >= 15 is 0 Å². The Kier molecular flexibility index (Phi) is 7.16. The van der Waals surface area contributed by atoms with Crippen LogP contribution in [-0.2, 0) is 9.47 Å². The molecule has 5 rings (SSSR count). The number of hydrogen-bond acceptors (Lipinski definition) is 8. The van der Waals surface area contributed by atoms with Gasteiger partial charge in [-0.25, -0.2) is 4.98 Å². The molecule has 37 heavy (non-hydrogen) atoms. The fourth-order valence-electron chi connectivity index (χ4n) is 5.38. The number of amides is 1. The standard InChI is InChI=1S/C26H35N7O4/c1-26(36-3)10-4-6-17(15-26)29-24(34)19-16-28-33-22(27-2)14-21(31-23(19)33)30-20-7-5-11-32(25(20)35)18-8-12-37-13-9-18/h5,7,11,14,16-18,27H,4,6,8-10,12-13,15H2,1-3H3,(H,29,34)(H,30,31)/t17?,26-/m1/s1. The zero-order valence-corrected chi connectivity index (χ0v) is 21.6. The van der Waals surface area contributed by atoms with Crippen molar-refractivity contribution in [3.8, 4) is 0 Å². The summed E-state index contributed by atoms with van der Waals surface area (Å²) < 4.78 is 14.5. The van der Waals surface area contributed by atoms with Crippen LogP contribution in [0.2, 0.25) is 0 Å². The zero-order chi connectivity index (χ0) is 26.0. The fraction of sp³-hybridized carbons (Fsp3) is 0.538. The van der Waals surface area contributed by atoms with Gasteiger partial charge in [0.05, 0.1) is 11.8 Å². The lowest BCUT2D eigenvalue weighted by Crippen LogP contribution is -2.45. The molecule has 11 heteroatoms. The molecule has 0 radical (unpaired) electrons. The minimum Gasteiger partial charge on any atom is -0.381 e. The lowest BCUT2D eigenvalue weighted by Gasteiger charge is -2.37. The summed E-state index contributed by atoms with van der Waals surface area (Å²) in [5.74, 6) is 0.850. The highest BCUT2D eigenvalue weighted by atomic mass is 16.5. The van der Waals surface area contributed by atoms with E-state index in [1.807, 2.05) is 12.3 Å². The number of nitrogens with one attached hydrogen (secondary N) is 3. The average molecular weight is 510 g/mol. The van der Waals surface area contributed by atoms with E-state index in [9.17, 15) is 9.59 Å². The first-order chi connectivity index (χ1) is 17.9. The molecule has 1 saturated carbocycles. The van der Waals surface area contributed by atoms with E-state index in [2.05, 4.69) is 33.0 Å². The molecule has 0 aromatic carbocycles. The van der Waals surface area contributed by atoms with Gasteiger partial charge >= 0.3 is 0 Å². The Hall–Kier alpha value is -3.44. The number of anilines is 3. The summed E-state index contributed by atoms with van der Waals surface area (Å²) in [6, 6.07) is 5.48. The third kappa shape index (κ3) is 5.19. The summed E-state index contributed by atoms with van der Waals surface area (Å²) in [7, 11) is 3.49. The number of carbonyl (C=O) groups is 1. The van der Waals surface area contributed by atoms with Crippen LogP contribution < -0.4 is 21.5 Å². The number of hydrogen-bond donors (Lipinski definition) is 3. The molecule has 1 aliphatic carbocycles. The van der Waals surface area contributed by atoms with Gasteiger partial charge in [-0.15, -0.1) is 0 Å². The van der Waals surface area contributed by atoms with Gasteiger partial charge in [0.15, 0.2) is 5.65 Å². The van der Waals surface area contributed by atoms with Crippen LogP contribution in [0.25, 0.3) is 5.65 Å². The number of methoxy groups -OCH3 is 1. The number of fused-ring (bicyclic) bond motifs is 1. The Morgan fingerprint density at radius 3 is 2.84 bits per heavy atom. The quantitative estimate of drug-likeness (QED) is 0.444. The molecule has 3 aromatic heterocycles. The van der Waals surface area contributed by atoms with Crippen LogP contribution in [-0.4, -0.2) is 64.1 Å². The molecule has 0 spiro atoms. The smallest absolute Gasteiger partial charge is 0.274 e. The maximum absolute atomic E-state index is 13.3. The molecule has 3 N–H and O–H groups in total. The predicted molar refractivity (Wildman–Crippen MR) is 141 cm³/mol. The van der Waals surface area contributed by atoms with Gasteiger partial charge in [0.2, 0.25) is 0 Å². The minimum absolute atomic E-state index is 0.0131. The summed E-state index contributed by atoms with van der Waals surface area (Å²) in [6.07, 6.45) is 8.57. The van der Waals surface area contributed by atoms with Crippen molar-refractivity contribution in [1.29, 1.82) is 0 Å². The van der Waals surface area contributed by atoms with Crippen molar-refractivity contribution >= 4 is 28.9 Å². The second-order valence-electron chi connectivity index (χ2n) is 10.1. The summed E-state index contributed by atoms with van der Waals surface area (Å²) >= 11 is 0. The van der Waals surface area contributed by atoms with Crippen LogP contribution in [0.15, 0.2) is 35.4 Å². The van der Waals surface area contributed by atoms with E-state index in [0.29, 0.717) is 41.7 Å². The van der Waals surface area contributed by atoms with Crippen molar-refractivity contribution in [3.05, 3.63) is 46.5 Å². The zero-order valence-electron chi connectivity index (χ0n) is 21.6. The first-order valence-electron chi connectivity index (χ1n) is 12.9. The summed E-state index contributed by atoms with van der Waals surface area (Å²) in [4.78, 5) is 31.2. The maximum atomic E-state index is 13.3. The second kappa shape index (κ2) is 10.5. The van der Waals surface area contributed by atoms with Gasteiger partial charge in [0, 0.05) is 51.7 Å². The molecule has 198 valence electrons. The van der Waals surface area contributed by atoms with Gasteiger partial charge in [-0.2, -0.15) is 9.61 Å². The molecule has 1 saturated heterocycles.